The molecule has 1 aliphatic heterocycles. The van der Waals surface area contributed by atoms with Crippen LogP contribution in [0, 0.1) is 12.3 Å². The van der Waals surface area contributed by atoms with Crippen molar-refractivity contribution in [2.45, 2.75) is 40.0 Å². The Morgan fingerprint density at radius 2 is 2.10 bits per heavy atom. The normalized spacial score (nSPS) is 21.9. The maximum Gasteiger partial charge on any atom is 0.232 e. The standard InChI is InChI=1S/C16H22N2O2/c1-10(2)12-7-5-6-11(3)14(12)18-15(20)16(4)8-13(19)17-9-16/h5-7,10H,8-9H2,1-4H3,(H,17,19)(H,18,20). The molecule has 1 saturated heterocycles. The molecular weight excluding hydrogens is 252 g/mol. The summed E-state index contributed by atoms with van der Waals surface area (Å²) in [5.41, 5.74) is 2.39. The lowest BCUT2D eigenvalue weighted by Gasteiger charge is -2.23. The number of hydrogen-bond donors (Lipinski definition) is 2. The minimum absolute atomic E-state index is 0.0588. The van der Waals surface area contributed by atoms with Crippen LogP contribution in [0.25, 0.3) is 0 Å². The van der Waals surface area contributed by atoms with Gasteiger partial charge in [0.05, 0.1) is 5.41 Å². The van der Waals surface area contributed by atoms with Gasteiger partial charge in [-0.1, -0.05) is 32.0 Å². The molecule has 4 heteroatoms. The maximum atomic E-state index is 12.5. The quantitative estimate of drug-likeness (QED) is 0.890. The Balaban J connectivity index is 2.26. The highest BCUT2D eigenvalue weighted by atomic mass is 16.2. The molecule has 0 spiro atoms. The van der Waals surface area contributed by atoms with E-state index in [2.05, 4.69) is 24.5 Å². The zero-order valence-corrected chi connectivity index (χ0v) is 12.5. The van der Waals surface area contributed by atoms with Gasteiger partial charge in [0.15, 0.2) is 0 Å². The second kappa shape index (κ2) is 5.27. The molecule has 2 amide bonds. The van der Waals surface area contributed by atoms with Gasteiger partial charge in [0, 0.05) is 18.7 Å². The topological polar surface area (TPSA) is 58.2 Å². The van der Waals surface area contributed by atoms with Crippen LogP contribution in [0.1, 0.15) is 44.2 Å². The third-order valence-electron chi connectivity index (χ3n) is 3.94. The van der Waals surface area contributed by atoms with Crippen LogP contribution in [0.2, 0.25) is 0 Å². The highest BCUT2D eigenvalue weighted by Crippen LogP contribution is 2.31. The summed E-state index contributed by atoms with van der Waals surface area (Å²) in [6, 6.07) is 6.03. The molecule has 1 atom stereocenters. The van der Waals surface area contributed by atoms with E-state index < -0.39 is 5.41 Å². The van der Waals surface area contributed by atoms with Crippen LogP contribution in [0.3, 0.4) is 0 Å². The first kappa shape index (κ1) is 14.6. The summed E-state index contributed by atoms with van der Waals surface area (Å²) in [4.78, 5) is 23.9. The number of rotatable bonds is 3. The van der Waals surface area contributed by atoms with Gasteiger partial charge >= 0.3 is 0 Å². The Morgan fingerprint density at radius 1 is 1.40 bits per heavy atom. The zero-order valence-electron chi connectivity index (χ0n) is 12.5. The molecule has 1 aliphatic rings. The first-order valence-corrected chi connectivity index (χ1v) is 7.01. The van der Waals surface area contributed by atoms with E-state index in [4.69, 9.17) is 0 Å². The van der Waals surface area contributed by atoms with Gasteiger partial charge in [0.25, 0.3) is 0 Å². The van der Waals surface area contributed by atoms with Crippen LogP contribution in [-0.2, 0) is 9.59 Å². The Morgan fingerprint density at radius 3 is 2.65 bits per heavy atom. The molecular formula is C16H22N2O2. The number of nitrogens with one attached hydrogen (secondary N) is 2. The highest BCUT2D eigenvalue weighted by Gasteiger charge is 2.41. The van der Waals surface area contributed by atoms with E-state index in [0.29, 0.717) is 12.5 Å². The highest BCUT2D eigenvalue weighted by molar-refractivity contribution is 6.00. The summed E-state index contributed by atoms with van der Waals surface area (Å²) in [7, 11) is 0. The summed E-state index contributed by atoms with van der Waals surface area (Å²) < 4.78 is 0. The van der Waals surface area contributed by atoms with Gasteiger partial charge in [-0.25, -0.2) is 0 Å². The zero-order chi connectivity index (χ0) is 14.9. The van der Waals surface area contributed by atoms with Crippen LogP contribution in [-0.4, -0.2) is 18.4 Å². The lowest BCUT2D eigenvalue weighted by atomic mass is 9.88. The lowest BCUT2D eigenvalue weighted by Crippen LogP contribution is -2.35. The van der Waals surface area contributed by atoms with Crippen LogP contribution in [0.15, 0.2) is 18.2 Å². The van der Waals surface area contributed by atoms with Gasteiger partial charge in [-0.05, 0) is 30.9 Å². The number of para-hydroxylation sites is 1. The molecule has 20 heavy (non-hydrogen) atoms. The number of amides is 2. The molecule has 2 N–H and O–H groups in total. The fourth-order valence-electron chi connectivity index (χ4n) is 2.54. The van der Waals surface area contributed by atoms with Crippen LogP contribution < -0.4 is 10.6 Å². The number of carbonyl (C=O) groups excluding carboxylic acids is 2. The second-order valence-electron chi connectivity index (χ2n) is 6.16. The van der Waals surface area contributed by atoms with Gasteiger partial charge in [-0.2, -0.15) is 0 Å². The smallest absolute Gasteiger partial charge is 0.232 e. The van der Waals surface area contributed by atoms with Gasteiger partial charge in [-0.3, -0.25) is 9.59 Å². The molecule has 2 rings (SSSR count). The SMILES string of the molecule is Cc1cccc(C(C)C)c1NC(=O)C1(C)CNC(=O)C1. The molecule has 0 radical (unpaired) electrons. The summed E-state index contributed by atoms with van der Waals surface area (Å²) in [6.07, 6.45) is 0.252. The lowest BCUT2D eigenvalue weighted by molar-refractivity contribution is -0.126. The average molecular weight is 274 g/mol. The molecule has 0 aromatic heterocycles. The van der Waals surface area contributed by atoms with Crippen molar-refractivity contribution in [1.82, 2.24) is 5.32 Å². The van der Waals surface area contributed by atoms with Crippen molar-refractivity contribution in [3.05, 3.63) is 29.3 Å². The molecule has 1 heterocycles. The first-order valence-electron chi connectivity index (χ1n) is 7.01. The second-order valence-corrected chi connectivity index (χ2v) is 6.16. The van der Waals surface area contributed by atoms with Crippen molar-refractivity contribution in [2.75, 3.05) is 11.9 Å². The number of anilines is 1. The molecule has 0 bridgehead atoms. The summed E-state index contributed by atoms with van der Waals surface area (Å²) in [5.74, 6) is 0.185. The summed E-state index contributed by atoms with van der Waals surface area (Å²) in [5, 5.41) is 5.76. The summed E-state index contributed by atoms with van der Waals surface area (Å²) >= 11 is 0. The minimum atomic E-state index is -0.659. The Labute approximate surface area is 119 Å². The van der Waals surface area contributed by atoms with Gasteiger partial charge in [0.2, 0.25) is 11.8 Å². The van der Waals surface area contributed by atoms with E-state index in [1.165, 1.54) is 0 Å². The van der Waals surface area contributed by atoms with Crippen molar-refractivity contribution in [2.24, 2.45) is 5.41 Å². The fraction of sp³-hybridized carbons (Fsp3) is 0.500. The van der Waals surface area contributed by atoms with Crippen LogP contribution in [0.5, 0.6) is 0 Å². The van der Waals surface area contributed by atoms with Crippen LogP contribution >= 0.6 is 0 Å². The van der Waals surface area contributed by atoms with Gasteiger partial charge in [-0.15, -0.1) is 0 Å². The molecule has 1 fully saturated rings. The predicted octanol–water partition coefficient (Wildman–Crippen LogP) is 2.58. The Bertz CT molecular complexity index is 551. The van der Waals surface area contributed by atoms with E-state index in [1.807, 2.05) is 32.0 Å². The summed E-state index contributed by atoms with van der Waals surface area (Å²) in [6.45, 7) is 8.43. The van der Waals surface area contributed by atoms with E-state index in [9.17, 15) is 9.59 Å². The number of hydrogen-bond acceptors (Lipinski definition) is 2. The van der Waals surface area contributed by atoms with Crippen molar-refractivity contribution >= 4 is 17.5 Å². The third-order valence-corrected chi connectivity index (χ3v) is 3.94. The monoisotopic (exact) mass is 274 g/mol. The largest absolute Gasteiger partial charge is 0.355 e. The predicted molar refractivity (Wildman–Crippen MR) is 79.6 cm³/mol. The number of carbonyl (C=O) groups is 2. The Kier molecular flexibility index (Phi) is 3.84. The van der Waals surface area contributed by atoms with Gasteiger partial charge < -0.3 is 10.6 Å². The number of aryl methyl sites for hydroxylation is 1. The Hall–Kier alpha value is -1.84. The van der Waals surface area contributed by atoms with Crippen molar-refractivity contribution in [3.8, 4) is 0 Å². The van der Waals surface area contributed by atoms with E-state index in [1.54, 1.807) is 0 Å². The maximum absolute atomic E-state index is 12.5. The van der Waals surface area contributed by atoms with Crippen molar-refractivity contribution < 1.29 is 9.59 Å². The first-order chi connectivity index (χ1) is 9.33. The molecule has 1 unspecified atom stereocenters. The molecule has 0 saturated carbocycles. The third kappa shape index (κ3) is 2.69. The molecule has 0 aliphatic carbocycles. The fourth-order valence-corrected chi connectivity index (χ4v) is 2.54. The molecule has 4 nitrogen and oxygen atoms in total. The van der Waals surface area contributed by atoms with Crippen LogP contribution in [0.4, 0.5) is 5.69 Å². The molecule has 108 valence electrons. The molecule has 1 aromatic rings. The minimum Gasteiger partial charge on any atom is -0.355 e. The molecule has 1 aromatic carbocycles. The van der Waals surface area contributed by atoms with E-state index in [-0.39, 0.29) is 18.2 Å². The van der Waals surface area contributed by atoms with E-state index >= 15 is 0 Å². The van der Waals surface area contributed by atoms with E-state index in [0.717, 1.165) is 16.8 Å². The van der Waals surface area contributed by atoms with Gasteiger partial charge in [0.1, 0.15) is 0 Å². The van der Waals surface area contributed by atoms with Crippen molar-refractivity contribution in [3.63, 3.8) is 0 Å². The number of benzene rings is 1. The van der Waals surface area contributed by atoms with Crippen molar-refractivity contribution in [1.29, 1.82) is 0 Å². The average Bonchev–Trinajstić information content (AvgIpc) is 2.72.